The fourth-order valence-electron chi connectivity index (χ4n) is 2.41. The van der Waals surface area contributed by atoms with E-state index < -0.39 is 0 Å². The molecule has 0 aliphatic carbocycles. The summed E-state index contributed by atoms with van der Waals surface area (Å²) in [5, 5.41) is 0. The first-order chi connectivity index (χ1) is 10.4. The van der Waals surface area contributed by atoms with Gasteiger partial charge < -0.3 is 0 Å². The molecule has 3 rings (SSSR count). The highest BCUT2D eigenvalue weighted by atomic mass is 14.1. The number of allylic oxidation sites excluding steroid dienone is 6. The molecule has 0 amide bonds. The van der Waals surface area contributed by atoms with Gasteiger partial charge in [-0.15, -0.1) is 5.98 Å². The third-order valence-electron chi connectivity index (χ3n) is 3.43. The minimum Gasteiger partial charge on any atom is -0.116 e. The minimum atomic E-state index is 1.23. The van der Waals surface area contributed by atoms with Crippen molar-refractivity contribution in [1.82, 2.24) is 0 Å². The van der Waals surface area contributed by atoms with Gasteiger partial charge in [-0.2, -0.15) is 0 Å². The van der Waals surface area contributed by atoms with Crippen molar-refractivity contribution in [3.63, 3.8) is 0 Å². The van der Waals surface area contributed by atoms with E-state index in [4.69, 9.17) is 0 Å². The highest BCUT2D eigenvalue weighted by molar-refractivity contribution is 6.68. The summed E-state index contributed by atoms with van der Waals surface area (Å²) in [7, 11) is 2.18. The van der Waals surface area contributed by atoms with Gasteiger partial charge in [-0.1, -0.05) is 96.5 Å². The van der Waals surface area contributed by atoms with Crippen LogP contribution in [-0.4, -0.2) is 7.28 Å². The van der Waals surface area contributed by atoms with Gasteiger partial charge in [0, 0.05) is 0 Å². The molecule has 2 aromatic rings. The molecule has 0 fully saturated rings. The Morgan fingerprint density at radius 1 is 0.571 bits per heavy atom. The molecule has 0 spiro atoms. The van der Waals surface area contributed by atoms with Gasteiger partial charge in [0.1, 0.15) is 0 Å². The average molecular weight is 267 g/mol. The van der Waals surface area contributed by atoms with Crippen LogP contribution >= 0.6 is 0 Å². The molecule has 0 nitrogen and oxygen atoms in total. The van der Waals surface area contributed by atoms with E-state index in [1.54, 1.807) is 0 Å². The SMILES string of the molecule is [B]1\C=C/C=C\C=C/C(c2ccccc2)=C\1c1ccccc1. The third-order valence-corrected chi connectivity index (χ3v) is 3.43. The van der Waals surface area contributed by atoms with Crippen LogP contribution in [-0.2, 0) is 0 Å². The smallest absolute Gasteiger partial charge is 0.116 e. The lowest BCUT2D eigenvalue weighted by Crippen LogP contribution is -1.97. The van der Waals surface area contributed by atoms with E-state index in [1.165, 1.54) is 22.2 Å². The molecule has 0 aromatic heterocycles. The predicted octanol–water partition coefficient (Wildman–Crippen LogP) is 4.90. The van der Waals surface area contributed by atoms with E-state index in [2.05, 4.69) is 98.2 Å². The Morgan fingerprint density at radius 3 is 1.90 bits per heavy atom. The van der Waals surface area contributed by atoms with Crippen molar-refractivity contribution in [2.45, 2.75) is 0 Å². The monoisotopic (exact) mass is 267 g/mol. The standard InChI is InChI=1S/C20H16B/c1-2-10-16-21-20(18-13-7-4-8-14-18)19(15-9-1)17-11-5-3-6-12-17/h1-16H/b2-1-,15-9-,16-10-,20-19+. The van der Waals surface area contributed by atoms with Crippen LogP contribution in [0.5, 0.6) is 0 Å². The van der Waals surface area contributed by atoms with Crippen molar-refractivity contribution in [3.05, 3.63) is 108 Å². The lowest BCUT2D eigenvalue weighted by Gasteiger charge is -2.12. The van der Waals surface area contributed by atoms with Gasteiger partial charge in [0.15, 0.2) is 7.28 Å². The molecular formula is C20H16B. The van der Waals surface area contributed by atoms with Crippen LogP contribution in [0.2, 0.25) is 0 Å². The number of hydrogen-bond donors (Lipinski definition) is 0. The molecule has 0 atom stereocenters. The first-order valence-corrected chi connectivity index (χ1v) is 7.15. The maximum Gasteiger partial charge on any atom is 0.182 e. The Balaban J connectivity index is 2.19. The maximum absolute atomic E-state index is 2.18. The molecule has 1 heterocycles. The topological polar surface area (TPSA) is 0 Å². The van der Waals surface area contributed by atoms with Crippen LogP contribution in [0.15, 0.2) is 97.0 Å². The maximum atomic E-state index is 2.18. The Labute approximate surface area is 127 Å². The fraction of sp³-hybridized carbons (Fsp3) is 0. The van der Waals surface area contributed by atoms with Gasteiger partial charge in [0.2, 0.25) is 0 Å². The van der Waals surface area contributed by atoms with Crippen LogP contribution in [0.3, 0.4) is 0 Å². The molecule has 0 saturated carbocycles. The highest BCUT2D eigenvalue weighted by Gasteiger charge is 2.09. The lowest BCUT2D eigenvalue weighted by atomic mass is 9.64. The summed E-state index contributed by atoms with van der Waals surface area (Å²) in [6.45, 7) is 0. The number of hydrogen-bond acceptors (Lipinski definition) is 0. The largest absolute Gasteiger partial charge is 0.182 e. The molecule has 21 heavy (non-hydrogen) atoms. The molecule has 99 valence electrons. The third kappa shape index (κ3) is 3.32. The van der Waals surface area contributed by atoms with Gasteiger partial charge in [-0.3, -0.25) is 0 Å². The normalized spacial score (nSPS) is 22.3. The molecule has 1 radical (unpaired) electrons. The fourth-order valence-corrected chi connectivity index (χ4v) is 2.41. The van der Waals surface area contributed by atoms with Crippen molar-refractivity contribution in [2.75, 3.05) is 0 Å². The number of rotatable bonds is 2. The zero-order chi connectivity index (χ0) is 14.3. The van der Waals surface area contributed by atoms with Gasteiger partial charge in [-0.05, 0) is 16.7 Å². The van der Waals surface area contributed by atoms with Crippen molar-refractivity contribution >= 4 is 18.3 Å². The van der Waals surface area contributed by atoms with Gasteiger partial charge in [0.05, 0.1) is 0 Å². The zero-order valence-electron chi connectivity index (χ0n) is 11.8. The molecule has 0 saturated heterocycles. The van der Waals surface area contributed by atoms with E-state index in [9.17, 15) is 0 Å². The predicted molar refractivity (Wildman–Crippen MR) is 92.9 cm³/mol. The summed E-state index contributed by atoms with van der Waals surface area (Å²) in [6.07, 6.45) is 10.4. The van der Waals surface area contributed by atoms with E-state index in [0.29, 0.717) is 0 Å². The lowest BCUT2D eigenvalue weighted by molar-refractivity contribution is 1.60. The molecule has 0 N–H and O–H groups in total. The Hall–Kier alpha value is -2.54. The van der Waals surface area contributed by atoms with Crippen molar-refractivity contribution in [2.24, 2.45) is 0 Å². The molecule has 1 aliphatic heterocycles. The summed E-state index contributed by atoms with van der Waals surface area (Å²) in [5.74, 6) is 2.09. The van der Waals surface area contributed by atoms with Crippen LogP contribution in [0.25, 0.3) is 11.0 Å². The molecule has 1 aliphatic rings. The van der Waals surface area contributed by atoms with Crippen LogP contribution in [0.4, 0.5) is 0 Å². The summed E-state index contributed by atoms with van der Waals surface area (Å²) in [4.78, 5) is 0. The molecule has 1 heteroatoms. The average Bonchev–Trinajstić information content (AvgIpc) is 2.68. The van der Waals surface area contributed by atoms with Crippen molar-refractivity contribution in [3.8, 4) is 0 Å². The minimum absolute atomic E-state index is 1.23. The first kappa shape index (κ1) is 13.4. The Morgan fingerprint density at radius 2 is 1.19 bits per heavy atom. The zero-order valence-corrected chi connectivity index (χ0v) is 11.8. The van der Waals surface area contributed by atoms with Crippen LogP contribution < -0.4 is 0 Å². The molecule has 2 aromatic carbocycles. The van der Waals surface area contributed by atoms with E-state index in [0.717, 1.165) is 0 Å². The number of benzene rings is 2. The first-order valence-electron chi connectivity index (χ1n) is 7.15. The van der Waals surface area contributed by atoms with Gasteiger partial charge >= 0.3 is 0 Å². The second-order valence-corrected chi connectivity index (χ2v) is 4.85. The van der Waals surface area contributed by atoms with E-state index >= 15 is 0 Å². The van der Waals surface area contributed by atoms with Gasteiger partial charge in [0.25, 0.3) is 0 Å². The Kier molecular flexibility index (Phi) is 4.33. The van der Waals surface area contributed by atoms with E-state index in [-0.39, 0.29) is 0 Å². The summed E-state index contributed by atoms with van der Waals surface area (Å²) >= 11 is 0. The second kappa shape index (κ2) is 6.76. The second-order valence-electron chi connectivity index (χ2n) is 4.85. The Bertz CT molecular complexity index is 704. The van der Waals surface area contributed by atoms with Gasteiger partial charge in [-0.25, -0.2) is 0 Å². The van der Waals surface area contributed by atoms with E-state index in [1.807, 2.05) is 6.08 Å². The summed E-state index contributed by atoms with van der Waals surface area (Å²) in [5.41, 5.74) is 4.93. The molecule has 0 bridgehead atoms. The van der Waals surface area contributed by atoms with Crippen LogP contribution in [0, 0.1) is 0 Å². The highest BCUT2D eigenvalue weighted by Crippen LogP contribution is 2.27. The van der Waals surface area contributed by atoms with Crippen molar-refractivity contribution < 1.29 is 0 Å². The summed E-state index contributed by atoms with van der Waals surface area (Å²) < 4.78 is 0. The summed E-state index contributed by atoms with van der Waals surface area (Å²) in [6, 6.07) is 21.0. The van der Waals surface area contributed by atoms with Crippen LogP contribution in [0.1, 0.15) is 11.1 Å². The molecule has 0 unspecified atom stereocenters. The molecular weight excluding hydrogens is 251 g/mol. The van der Waals surface area contributed by atoms with Crippen molar-refractivity contribution in [1.29, 1.82) is 0 Å². The quantitative estimate of drug-likeness (QED) is 0.679.